The van der Waals surface area contributed by atoms with Crippen LogP contribution in [0.4, 0.5) is 18.9 Å². The van der Waals surface area contributed by atoms with Crippen molar-refractivity contribution in [2.24, 2.45) is 0 Å². The molecule has 0 saturated carbocycles. The lowest BCUT2D eigenvalue weighted by atomic mass is 10.0. The summed E-state index contributed by atoms with van der Waals surface area (Å²) in [5, 5.41) is 6.27. The molecule has 11 heteroatoms. The third kappa shape index (κ3) is 5.48. The van der Waals surface area contributed by atoms with E-state index in [1.165, 1.54) is 28.4 Å². The average molecular weight is 510 g/mol. The second-order valence-corrected chi connectivity index (χ2v) is 9.21. The first-order valence-electron chi connectivity index (χ1n) is 12.0. The van der Waals surface area contributed by atoms with Crippen molar-refractivity contribution in [2.75, 3.05) is 55.7 Å². The van der Waals surface area contributed by atoms with Gasteiger partial charge < -0.3 is 9.80 Å². The number of rotatable bonds is 8. The normalized spacial score (nSPS) is 15.0. The first-order valence-corrected chi connectivity index (χ1v) is 12.4. The minimum absolute atomic E-state index is 0.0949. The maximum absolute atomic E-state index is 13.5. The minimum Gasteiger partial charge on any atom is -0.368 e. The maximum Gasteiger partial charge on any atom is 0.435 e. The molecule has 0 spiro atoms. The molecule has 190 valence electrons. The number of anilines is 1. The fourth-order valence-corrected chi connectivity index (χ4v) is 4.95. The second-order valence-electron chi connectivity index (χ2n) is 8.78. The Hall–Kier alpha value is -2.59. The van der Waals surface area contributed by atoms with Gasteiger partial charge in [0.05, 0.1) is 18.5 Å². The Morgan fingerprint density at radius 1 is 1.09 bits per heavy atom. The Morgan fingerprint density at radius 3 is 2.46 bits per heavy atom. The van der Waals surface area contributed by atoms with Gasteiger partial charge in [-0.15, -0.1) is 5.10 Å². The number of fused-ring (bicyclic) bond motifs is 1. The first kappa shape index (κ1) is 25.5. The van der Waals surface area contributed by atoms with E-state index in [2.05, 4.69) is 45.6 Å². The van der Waals surface area contributed by atoms with Gasteiger partial charge in [-0.25, -0.2) is 9.97 Å². The second kappa shape index (κ2) is 10.6. The van der Waals surface area contributed by atoms with Crippen LogP contribution < -0.4 is 9.91 Å². The molecule has 0 unspecified atom stereocenters. The van der Waals surface area contributed by atoms with Crippen LogP contribution in [0.5, 0.6) is 0 Å². The topological polar surface area (TPSA) is 53.3 Å². The van der Waals surface area contributed by atoms with Crippen LogP contribution in [-0.4, -0.2) is 70.6 Å². The van der Waals surface area contributed by atoms with Gasteiger partial charge in [-0.05, 0) is 62.7 Å². The highest BCUT2D eigenvalue weighted by atomic mass is 35.5. The lowest BCUT2D eigenvalue weighted by molar-refractivity contribution is -0.140. The molecule has 4 rings (SSSR count). The molecule has 1 aromatic carbocycles. The predicted molar refractivity (Wildman–Crippen MR) is 133 cm³/mol. The summed E-state index contributed by atoms with van der Waals surface area (Å²) in [6.07, 6.45) is -0.146. The molecule has 0 amide bonds. The highest BCUT2D eigenvalue weighted by molar-refractivity contribution is 6.31. The van der Waals surface area contributed by atoms with Gasteiger partial charge in [0.15, 0.2) is 11.3 Å². The van der Waals surface area contributed by atoms with Crippen molar-refractivity contribution in [3.63, 3.8) is 0 Å². The fourth-order valence-electron chi connectivity index (χ4n) is 4.72. The Kier molecular flexibility index (Phi) is 7.70. The molecule has 1 aliphatic rings. The summed E-state index contributed by atoms with van der Waals surface area (Å²) in [6, 6.07) is 4.03. The molecule has 1 fully saturated rings. The third-order valence-electron chi connectivity index (χ3n) is 6.73. The smallest absolute Gasteiger partial charge is 0.368 e. The number of aryl methyl sites for hydroxylation is 1. The molecule has 1 saturated heterocycles. The van der Waals surface area contributed by atoms with Crippen LogP contribution in [0.1, 0.15) is 37.1 Å². The van der Waals surface area contributed by atoms with Gasteiger partial charge >= 0.3 is 6.18 Å². The first-order chi connectivity index (χ1) is 16.7. The number of aromatic nitrogens is 4. The minimum atomic E-state index is -4.57. The van der Waals surface area contributed by atoms with E-state index in [9.17, 15) is 13.2 Å². The van der Waals surface area contributed by atoms with Gasteiger partial charge in [-0.1, -0.05) is 25.4 Å². The summed E-state index contributed by atoms with van der Waals surface area (Å²) in [7, 11) is 0. The van der Waals surface area contributed by atoms with Crippen LogP contribution in [0.25, 0.3) is 11.0 Å². The summed E-state index contributed by atoms with van der Waals surface area (Å²) < 4.78 is 40.5. The van der Waals surface area contributed by atoms with E-state index >= 15 is 0 Å². The van der Waals surface area contributed by atoms with E-state index in [1.54, 1.807) is 5.01 Å². The number of hydrogen-bond donors (Lipinski definition) is 0. The molecule has 1 aliphatic heterocycles. The zero-order valence-electron chi connectivity index (χ0n) is 20.3. The molecule has 0 radical (unpaired) electrons. The van der Waals surface area contributed by atoms with Crippen molar-refractivity contribution in [2.45, 2.75) is 39.8 Å². The van der Waals surface area contributed by atoms with Gasteiger partial charge in [0.1, 0.15) is 6.33 Å². The zero-order chi connectivity index (χ0) is 25.2. The van der Waals surface area contributed by atoms with Gasteiger partial charge in [0.2, 0.25) is 0 Å². The van der Waals surface area contributed by atoms with Gasteiger partial charge in [0, 0.05) is 30.0 Å². The van der Waals surface area contributed by atoms with Crippen LogP contribution in [0.2, 0.25) is 5.02 Å². The Bertz CT molecular complexity index is 1150. The van der Waals surface area contributed by atoms with Crippen molar-refractivity contribution in [3.8, 4) is 0 Å². The standard InChI is InChI=1S/C24H31ClF3N7/c1-4-32(5-2)8-6-7-18-13-19(25)14-21(17(18)3)33-9-11-34(12-10-33)35-23-20(15-29-16-30-23)22(31-35)24(26,27)28/h13-16H,4-12H2,1-3H3. The quantitative estimate of drug-likeness (QED) is 0.444. The van der Waals surface area contributed by atoms with E-state index in [4.69, 9.17) is 11.6 Å². The molecule has 0 aliphatic carbocycles. The van der Waals surface area contributed by atoms with Crippen LogP contribution in [0.15, 0.2) is 24.7 Å². The molecule has 7 nitrogen and oxygen atoms in total. The summed E-state index contributed by atoms with van der Waals surface area (Å²) >= 11 is 6.49. The third-order valence-corrected chi connectivity index (χ3v) is 6.95. The summed E-state index contributed by atoms with van der Waals surface area (Å²) in [5.41, 5.74) is 2.73. The Balaban J connectivity index is 1.49. The maximum atomic E-state index is 13.5. The lowest BCUT2D eigenvalue weighted by Gasteiger charge is -2.38. The number of alkyl halides is 3. The van der Waals surface area contributed by atoms with E-state index in [1.807, 2.05) is 12.1 Å². The van der Waals surface area contributed by atoms with Crippen LogP contribution >= 0.6 is 11.6 Å². The zero-order valence-corrected chi connectivity index (χ0v) is 21.1. The summed E-state index contributed by atoms with van der Waals surface area (Å²) in [5.74, 6) is 0. The number of halogens is 4. The SMILES string of the molecule is CCN(CC)CCCc1cc(Cl)cc(N2CCN(n3nc(C(F)(F)F)c4cncnc43)CC2)c1C. The molecule has 35 heavy (non-hydrogen) atoms. The molecular formula is C24H31ClF3N7. The molecule has 3 heterocycles. The summed E-state index contributed by atoms with van der Waals surface area (Å²) in [4.78, 5) is 13.8. The van der Waals surface area contributed by atoms with Crippen LogP contribution in [0.3, 0.4) is 0 Å². The lowest BCUT2D eigenvalue weighted by Crippen LogP contribution is -2.52. The van der Waals surface area contributed by atoms with E-state index < -0.39 is 11.9 Å². The number of piperazine rings is 1. The number of nitrogens with zero attached hydrogens (tertiary/aromatic N) is 7. The highest BCUT2D eigenvalue weighted by Crippen LogP contribution is 2.34. The molecule has 2 aromatic heterocycles. The Morgan fingerprint density at radius 2 is 1.80 bits per heavy atom. The average Bonchev–Trinajstić information content (AvgIpc) is 3.24. The molecule has 3 aromatic rings. The summed E-state index contributed by atoms with van der Waals surface area (Å²) in [6.45, 7) is 11.9. The predicted octanol–water partition coefficient (Wildman–Crippen LogP) is 4.54. The Labute approximate surface area is 208 Å². The van der Waals surface area contributed by atoms with Gasteiger partial charge in [0.25, 0.3) is 0 Å². The van der Waals surface area contributed by atoms with Crippen molar-refractivity contribution >= 4 is 28.3 Å². The van der Waals surface area contributed by atoms with Crippen molar-refractivity contribution in [3.05, 3.63) is 46.5 Å². The van der Waals surface area contributed by atoms with E-state index in [0.29, 0.717) is 31.2 Å². The van der Waals surface area contributed by atoms with Crippen LogP contribution in [0, 0.1) is 6.92 Å². The largest absolute Gasteiger partial charge is 0.435 e. The van der Waals surface area contributed by atoms with Crippen molar-refractivity contribution in [1.29, 1.82) is 0 Å². The van der Waals surface area contributed by atoms with E-state index in [0.717, 1.165) is 38.2 Å². The fraction of sp³-hybridized carbons (Fsp3) is 0.542. The van der Waals surface area contributed by atoms with Crippen molar-refractivity contribution < 1.29 is 13.2 Å². The monoisotopic (exact) mass is 509 g/mol. The van der Waals surface area contributed by atoms with Gasteiger partial charge in [-0.3, -0.25) is 5.01 Å². The molecule has 0 atom stereocenters. The van der Waals surface area contributed by atoms with E-state index in [-0.39, 0.29) is 11.0 Å². The number of hydrogen-bond acceptors (Lipinski definition) is 6. The molecule has 0 bridgehead atoms. The number of benzene rings is 1. The van der Waals surface area contributed by atoms with Crippen molar-refractivity contribution in [1.82, 2.24) is 24.8 Å². The highest BCUT2D eigenvalue weighted by Gasteiger charge is 2.38. The van der Waals surface area contributed by atoms with Gasteiger partial charge in [-0.2, -0.15) is 18.0 Å². The molecular weight excluding hydrogens is 479 g/mol. The molecule has 0 N–H and O–H groups in total. The van der Waals surface area contributed by atoms with Crippen LogP contribution in [-0.2, 0) is 12.6 Å².